The molecule has 1 aromatic rings. The number of anilines is 1. The number of hydrogen-bond acceptors (Lipinski definition) is 3. The second-order valence-corrected chi connectivity index (χ2v) is 4.76. The zero-order valence-corrected chi connectivity index (χ0v) is 11.1. The molecule has 0 radical (unpaired) electrons. The van der Waals surface area contributed by atoms with E-state index in [0.29, 0.717) is 6.04 Å². The average molecular weight is 270 g/mol. The largest absolute Gasteiger partial charge is 0.435 e. The maximum absolute atomic E-state index is 12.1. The summed E-state index contributed by atoms with van der Waals surface area (Å²) in [4.78, 5) is 2.26. The predicted molar refractivity (Wildman–Crippen MR) is 72.0 cm³/mol. The topological polar surface area (TPSA) is 24.5 Å². The third kappa shape index (κ3) is 4.06. The molecule has 1 unspecified atom stereocenters. The zero-order valence-electron chi connectivity index (χ0n) is 11.1. The molecular weight excluding hydrogens is 250 g/mol. The van der Waals surface area contributed by atoms with Crippen LogP contribution in [0.5, 0.6) is 5.75 Å². The van der Waals surface area contributed by atoms with Crippen molar-refractivity contribution < 1.29 is 13.5 Å². The highest BCUT2D eigenvalue weighted by atomic mass is 19.3. The van der Waals surface area contributed by atoms with Crippen LogP contribution in [-0.2, 0) is 0 Å². The summed E-state index contributed by atoms with van der Waals surface area (Å²) in [6, 6.07) is 7.37. The van der Waals surface area contributed by atoms with E-state index < -0.39 is 6.61 Å². The Balaban J connectivity index is 1.89. The standard InChI is InChI=1S/C14H20F2N2O/c1-2-8-17-11-7-9-18(10-11)12-3-5-13(6-4-12)19-14(15)16/h3-6,11,14,17H,2,7-10H2,1H3. The number of alkyl halides is 2. The molecule has 1 fully saturated rings. The van der Waals surface area contributed by atoms with E-state index in [4.69, 9.17) is 0 Å². The Labute approximate surface area is 112 Å². The van der Waals surface area contributed by atoms with Gasteiger partial charge in [0.15, 0.2) is 0 Å². The fraction of sp³-hybridized carbons (Fsp3) is 0.571. The van der Waals surface area contributed by atoms with Gasteiger partial charge in [-0.1, -0.05) is 6.92 Å². The van der Waals surface area contributed by atoms with E-state index in [2.05, 4.69) is 21.9 Å². The molecule has 0 saturated carbocycles. The molecular formula is C14H20F2N2O. The molecule has 5 heteroatoms. The van der Waals surface area contributed by atoms with E-state index >= 15 is 0 Å². The fourth-order valence-corrected chi connectivity index (χ4v) is 2.35. The van der Waals surface area contributed by atoms with Crippen LogP contribution in [0.15, 0.2) is 24.3 Å². The number of rotatable bonds is 6. The van der Waals surface area contributed by atoms with Gasteiger partial charge in [0.1, 0.15) is 5.75 Å². The molecule has 0 aromatic heterocycles. The number of ether oxygens (including phenoxy) is 1. The van der Waals surface area contributed by atoms with Gasteiger partial charge in [0.25, 0.3) is 0 Å². The number of nitrogens with one attached hydrogen (secondary N) is 1. The highest BCUT2D eigenvalue weighted by Crippen LogP contribution is 2.24. The Morgan fingerprint density at radius 1 is 1.37 bits per heavy atom. The first-order valence-electron chi connectivity index (χ1n) is 6.72. The van der Waals surface area contributed by atoms with Gasteiger partial charge in [-0.25, -0.2) is 0 Å². The molecule has 3 nitrogen and oxygen atoms in total. The van der Waals surface area contributed by atoms with Crippen molar-refractivity contribution in [2.24, 2.45) is 0 Å². The molecule has 1 heterocycles. The summed E-state index contributed by atoms with van der Waals surface area (Å²) >= 11 is 0. The van der Waals surface area contributed by atoms with Crippen molar-refractivity contribution in [1.29, 1.82) is 0 Å². The van der Waals surface area contributed by atoms with Crippen LogP contribution in [0.25, 0.3) is 0 Å². The van der Waals surface area contributed by atoms with Crippen molar-refractivity contribution in [3.8, 4) is 5.75 Å². The van der Waals surface area contributed by atoms with Gasteiger partial charge in [-0.05, 0) is 43.7 Å². The van der Waals surface area contributed by atoms with Crippen LogP contribution in [0.3, 0.4) is 0 Å². The Morgan fingerprint density at radius 2 is 2.11 bits per heavy atom. The first kappa shape index (κ1) is 14.1. The molecule has 1 aliphatic heterocycles. The molecule has 19 heavy (non-hydrogen) atoms. The monoisotopic (exact) mass is 270 g/mol. The second kappa shape index (κ2) is 6.70. The van der Waals surface area contributed by atoms with E-state index in [-0.39, 0.29) is 5.75 Å². The molecule has 0 aliphatic carbocycles. The molecule has 2 rings (SSSR count). The van der Waals surface area contributed by atoms with Gasteiger partial charge in [0, 0.05) is 24.8 Å². The van der Waals surface area contributed by atoms with Crippen molar-refractivity contribution >= 4 is 5.69 Å². The summed E-state index contributed by atoms with van der Waals surface area (Å²) in [5.41, 5.74) is 1.06. The van der Waals surface area contributed by atoms with Crippen molar-refractivity contribution in [2.45, 2.75) is 32.4 Å². The van der Waals surface area contributed by atoms with Crippen LogP contribution in [0.1, 0.15) is 19.8 Å². The lowest BCUT2D eigenvalue weighted by Crippen LogP contribution is -2.32. The second-order valence-electron chi connectivity index (χ2n) is 4.76. The summed E-state index contributed by atoms with van der Waals surface area (Å²) in [5.74, 6) is 0.207. The molecule has 0 spiro atoms. The van der Waals surface area contributed by atoms with Crippen LogP contribution < -0.4 is 15.0 Å². The molecule has 1 aliphatic rings. The Kier molecular flexibility index (Phi) is 4.96. The molecule has 0 bridgehead atoms. The van der Waals surface area contributed by atoms with Gasteiger partial charge < -0.3 is 15.0 Å². The maximum atomic E-state index is 12.1. The summed E-state index contributed by atoms with van der Waals surface area (Å²) in [6.45, 7) is 2.40. The van der Waals surface area contributed by atoms with E-state index in [1.807, 2.05) is 12.1 Å². The lowest BCUT2D eigenvalue weighted by Gasteiger charge is -2.19. The van der Waals surface area contributed by atoms with Crippen LogP contribution in [0.2, 0.25) is 0 Å². The molecule has 1 N–H and O–H groups in total. The van der Waals surface area contributed by atoms with E-state index in [1.54, 1.807) is 12.1 Å². The van der Waals surface area contributed by atoms with Gasteiger partial charge in [-0.2, -0.15) is 8.78 Å². The highest BCUT2D eigenvalue weighted by Gasteiger charge is 2.21. The maximum Gasteiger partial charge on any atom is 0.387 e. The van der Waals surface area contributed by atoms with Crippen molar-refractivity contribution in [2.75, 3.05) is 24.5 Å². The molecule has 0 amide bonds. The molecule has 106 valence electrons. The smallest absolute Gasteiger partial charge is 0.387 e. The van der Waals surface area contributed by atoms with Gasteiger partial charge in [-0.15, -0.1) is 0 Å². The summed E-state index contributed by atoms with van der Waals surface area (Å²) in [7, 11) is 0. The summed E-state index contributed by atoms with van der Waals surface area (Å²) in [6.07, 6.45) is 2.26. The van der Waals surface area contributed by atoms with Gasteiger partial charge >= 0.3 is 6.61 Å². The highest BCUT2D eigenvalue weighted by molar-refractivity contribution is 5.50. The third-order valence-electron chi connectivity index (χ3n) is 3.30. The first-order chi connectivity index (χ1) is 9.19. The van der Waals surface area contributed by atoms with Gasteiger partial charge in [0.2, 0.25) is 0 Å². The molecule has 1 atom stereocenters. The normalized spacial score (nSPS) is 19.2. The molecule has 1 aromatic carbocycles. The third-order valence-corrected chi connectivity index (χ3v) is 3.30. The minimum Gasteiger partial charge on any atom is -0.435 e. The van der Waals surface area contributed by atoms with Crippen LogP contribution >= 0.6 is 0 Å². The van der Waals surface area contributed by atoms with Gasteiger partial charge in [-0.3, -0.25) is 0 Å². The Hall–Kier alpha value is -1.36. The fourth-order valence-electron chi connectivity index (χ4n) is 2.35. The van der Waals surface area contributed by atoms with Crippen LogP contribution in [-0.4, -0.2) is 32.3 Å². The van der Waals surface area contributed by atoms with E-state index in [1.165, 1.54) is 0 Å². The number of nitrogens with zero attached hydrogens (tertiary/aromatic N) is 1. The predicted octanol–water partition coefficient (Wildman–Crippen LogP) is 2.87. The quantitative estimate of drug-likeness (QED) is 0.860. The average Bonchev–Trinajstić information content (AvgIpc) is 2.85. The summed E-state index contributed by atoms with van der Waals surface area (Å²) in [5, 5.41) is 3.50. The molecule has 1 saturated heterocycles. The number of halogens is 2. The lowest BCUT2D eigenvalue weighted by atomic mass is 10.2. The SMILES string of the molecule is CCCNC1CCN(c2ccc(OC(F)F)cc2)C1. The van der Waals surface area contributed by atoms with Crippen LogP contribution in [0, 0.1) is 0 Å². The van der Waals surface area contributed by atoms with Crippen molar-refractivity contribution in [3.05, 3.63) is 24.3 Å². The minimum absolute atomic E-state index is 0.207. The van der Waals surface area contributed by atoms with Crippen LogP contribution in [0.4, 0.5) is 14.5 Å². The van der Waals surface area contributed by atoms with E-state index in [0.717, 1.165) is 38.2 Å². The first-order valence-corrected chi connectivity index (χ1v) is 6.72. The van der Waals surface area contributed by atoms with Gasteiger partial charge in [0.05, 0.1) is 0 Å². The Bertz CT molecular complexity index is 384. The Morgan fingerprint density at radius 3 is 2.74 bits per heavy atom. The number of benzene rings is 1. The van der Waals surface area contributed by atoms with E-state index in [9.17, 15) is 8.78 Å². The zero-order chi connectivity index (χ0) is 13.7. The van der Waals surface area contributed by atoms with Crippen molar-refractivity contribution in [1.82, 2.24) is 5.32 Å². The number of hydrogen-bond donors (Lipinski definition) is 1. The van der Waals surface area contributed by atoms with Crippen molar-refractivity contribution in [3.63, 3.8) is 0 Å². The minimum atomic E-state index is -2.76. The summed E-state index contributed by atoms with van der Waals surface area (Å²) < 4.78 is 28.4. The lowest BCUT2D eigenvalue weighted by molar-refractivity contribution is -0.0498.